The number of methoxy groups -OCH3 is 1. The van der Waals surface area contributed by atoms with Gasteiger partial charge in [0.15, 0.2) is 0 Å². The average Bonchev–Trinajstić information content (AvgIpc) is 2.36. The molecule has 0 aliphatic rings. The fourth-order valence-corrected chi connectivity index (χ4v) is 1.45. The SMILES string of the molecule is COCCNC(=O)CNc1cc(N)ccc1C(N)=O. The lowest BCUT2D eigenvalue weighted by Crippen LogP contribution is -2.32. The Hall–Kier alpha value is -2.28. The van der Waals surface area contributed by atoms with Crippen molar-refractivity contribution in [2.24, 2.45) is 5.73 Å². The van der Waals surface area contributed by atoms with Gasteiger partial charge in [-0.1, -0.05) is 0 Å². The number of primary amides is 1. The molecule has 19 heavy (non-hydrogen) atoms. The molecule has 0 aromatic heterocycles. The summed E-state index contributed by atoms with van der Waals surface area (Å²) in [7, 11) is 1.55. The number of carbonyl (C=O) groups excluding carboxylic acids is 2. The van der Waals surface area contributed by atoms with Gasteiger partial charge < -0.3 is 26.8 Å². The van der Waals surface area contributed by atoms with Crippen LogP contribution in [0.3, 0.4) is 0 Å². The molecule has 6 N–H and O–H groups in total. The third-order valence-corrected chi connectivity index (χ3v) is 2.38. The van der Waals surface area contributed by atoms with E-state index in [4.69, 9.17) is 16.2 Å². The van der Waals surface area contributed by atoms with Crippen LogP contribution in [-0.4, -0.2) is 38.6 Å². The van der Waals surface area contributed by atoms with E-state index in [1.54, 1.807) is 19.2 Å². The van der Waals surface area contributed by atoms with Crippen molar-refractivity contribution in [2.45, 2.75) is 0 Å². The van der Waals surface area contributed by atoms with Gasteiger partial charge in [-0.2, -0.15) is 0 Å². The zero-order chi connectivity index (χ0) is 14.3. The third kappa shape index (κ3) is 4.84. The molecule has 0 atom stereocenters. The monoisotopic (exact) mass is 266 g/mol. The first-order chi connectivity index (χ1) is 9.04. The minimum absolute atomic E-state index is 0.0213. The van der Waals surface area contributed by atoms with E-state index in [1.165, 1.54) is 6.07 Å². The van der Waals surface area contributed by atoms with Gasteiger partial charge in [0.1, 0.15) is 0 Å². The number of hydrogen-bond acceptors (Lipinski definition) is 5. The highest BCUT2D eigenvalue weighted by atomic mass is 16.5. The van der Waals surface area contributed by atoms with Gasteiger partial charge in [-0.25, -0.2) is 0 Å². The molecule has 0 radical (unpaired) electrons. The molecule has 0 saturated carbocycles. The number of anilines is 2. The minimum atomic E-state index is -0.581. The number of benzene rings is 1. The van der Waals surface area contributed by atoms with Crippen LogP contribution in [0.2, 0.25) is 0 Å². The molecule has 0 bridgehead atoms. The zero-order valence-corrected chi connectivity index (χ0v) is 10.7. The molecular weight excluding hydrogens is 248 g/mol. The summed E-state index contributed by atoms with van der Waals surface area (Å²) in [6, 6.07) is 4.65. The van der Waals surface area contributed by atoms with Crippen molar-refractivity contribution in [3.63, 3.8) is 0 Å². The largest absolute Gasteiger partial charge is 0.399 e. The van der Waals surface area contributed by atoms with Crippen LogP contribution in [-0.2, 0) is 9.53 Å². The van der Waals surface area contributed by atoms with Crippen molar-refractivity contribution < 1.29 is 14.3 Å². The number of carbonyl (C=O) groups is 2. The molecule has 104 valence electrons. The van der Waals surface area contributed by atoms with Crippen LogP contribution in [0.1, 0.15) is 10.4 Å². The number of nitrogens with one attached hydrogen (secondary N) is 2. The topological polar surface area (TPSA) is 119 Å². The van der Waals surface area contributed by atoms with E-state index in [0.29, 0.717) is 30.1 Å². The first kappa shape index (κ1) is 14.8. The van der Waals surface area contributed by atoms with Crippen molar-refractivity contribution >= 4 is 23.2 Å². The molecule has 0 fully saturated rings. The van der Waals surface area contributed by atoms with E-state index < -0.39 is 5.91 Å². The minimum Gasteiger partial charge on any atom is -0.399 e. The van der Waals surface area contributed by atoms with Gasteiger partial charge in [-0.3, -0.25) is 9.59 Å². The number of rotatable bonds is 7. The maximum absolute atomic E-state index is 11.5. The molecule has 7 heteroatoms. The Kier molecular flexibility index (Phi) is 5.62. The van der Waals surface area contributed by atoms with Gasteiger partial charge in [-0.15, -0.1) is 0 Å². The number of ether oxygens (including phenoxy) is 1. The molecule has 2 amide bonds. The third-order valence-electron chi connectivity index (χ3n) is 2.38. The molecule has 1 aromatic carbocycles. The molecule has 1 rings (SSSR count). The maximum Gasteiger partial charge on any atom is 0.250 e. The summed E-state index contributed by atoms with van der Waals surface area (Å²) < 4.78 is 4.81. The van der Waals surface area contributed by atoms with Crippen LogP contribution in [0.15, 0.2) is 18.2 Å². The Morgan fingerprint density at radius 2 is 2.11 bits per heavy atom. The van der Waals surface area contributed by atoms with Crippen molar-refractivity contribution in [2.75, 3.05) is 37.9 Å². The highest BCUT2D eigenvalue weighted by Crippen LogP contribution is 2.18. The maximum atomic E-state index is 11.5. The van der Waals surface area contributed by atoms with E-state index in [9.17, 15) is 9.59 Å². The summed E-state index contributed by atoms with van der Waals surface area (Å²) in [5, 5.41) is 5.47. The van der Waals surface area contributed by atoms with E-state index in [-0.39, 0.29) is 12.5 Å². The van der Waals surface area contributed by atoms with E-state index in [0.717, 1.165) is 0 Å². The summed E-state index contributed by atoms with van der Waals surface area (Å²) >= 11 is 0. The Balaban J connectivity index is 2.59. The van der Waals surface area contributed by atoms with Crippen molar-refractivity contribution in [3.8, 4) is 0 Å². The fraction of sp³-hybridized carbons (Fsp3) is 0.333. The molecule has 0 saturated heterocycles. The lowest BCUT2D eigenvalue weighted by atomic mass is 10.1. The van der Waals surface area contributed by atoms with Crippen molar-refractivity contribution in [1.29, 1.82) is 0 Å². The predicted octanol–water partition coefficient (Wildman–Crippen LogP) is -0.458. The summed E-state index contributed by atoms with van der Waals surface area (Å²) in [6.07, 6.45) is 0. The second-order valence-electron chi connectivity index (χ2n) is 3.87. The highest BCUT2D eigenvalue weighted by Gasteiger charge is 2.09. The summed E-state index contributed by atoms with van der Waals surface area (Å²) in [6.45, 7) is 0.890. The quantitative estimate of drug-likeness (QED) is 0.393. The molecule has 0 aliphatic heterocycles. The standard InChI is InChI=1S/C12H18N4O3/c1-19-5-4-15-11(17)7-16-10-6-8(13)2-3-9(10)12(14)18/h2-3,6,16H,4-5,7,13H2,1H3,(H2,14,18)(H,15,17). The molecular formula is C12H18N4O3. The van der Waals surface area contributed by atoms with Crippen LogP contribution in [0.25, 0.3) is 0 Å². The van der Waals surface area contributed by atoms with Crippen LogP contribution in [0.4, 0.5) is 11.4 Å². The molecule has 1 aromatic rings. The first-order valence-electron chi connectivity index (χ1n) is 5.73. The molecule has 0 unspecified atom stereocenters. The van der Waals surface area contributed by atoms with Crippen molar-refractivity contribution in [1.82, 2.24) is 5.32 Å². The number of nitrogens with two attached hydrogens (primary N) is 2. The van der Waals surface area contributed by atoms with Gasteiger partial charge in [-0.05, 0) is 18.2 Å². The van der Waals surface area contributed by atoms with E-state index >= 15 is 0 Å². The van der Waals surface area contributed by atoms with Gasteiger partial charge >= 0.3 is 0 Å². The predicted molar refractivity (Wildman–Crippen MR) is 72.7 cm³/mol. The van der Waals surface area contributed by atoms with Crippen molar-refractivity contribution in [3.05, 3.63) is 23.8 Å². The number of amides is 2. The smallest absolute Gasteiger partial charge is 0.250 e. The second kappa shape index (κ2) is 7.22. The fourth-order valence-electron chi connectivity index (χ4n) is 1.45. The van der Waals surface area contributed by atoms with E-state index in [2.05, 4.69) is 10.6 Å². The lowest BCUT2D eigenvalue weighted by molar-refractivity contribution is -0.119. The van der Waals surface area contributed by atoms with E-state index in [1.807, 2.05) is 0 Å². The van der Waals surface area contributed by atoms with Crippen LogP contribution >= 0.6 is 0 Å². The number of nitrogen functional groups attached to an aromatic ring is 1. The van der Waals surface area contributed by atoms with Gasteiger partial charge in [0.05, 0.1) is 18.7 Å². The van der Waals surface area contributed by atoms with Crippen LogP contribution < -0.4 is 22.1 Å². The lowest BCUT2D eigenvalue weighted by Gasteiger charge is -2.11. The molecule has 0 spiro atoms. The van der Waals surface area contributed by atoms with Crippen LogP contribution in [0.5, 0.6) is 0 Å². The Labute approximate surface area is 111 Å². The molecule has 0 heterocycles. The Morgan fingerprint density at radius 3 is 2.74 bits per heavy atom. The van der Waals surface area contributed by atoms with Gasteiger partial charge in [0, 0.05) is 25.0 Å². The zero-order valence-electron chi connectivity index (χ0n) is 10.7. The Morgan fingerprint density at radius 1 is 1.37 bits per heavy atom. The molecule has 0 aliphatic carbocycles. The number of hydrogen-bond donors (Lipinski definition) is 4. The highest BCUT2D eigenvalue weighted by molar-refractivity contribution is 5.99. The molecule has 7 nitrogen and oxygen atoms in total. The summed E-state index contributed by atoms with van der Waals surface area (Å²) in [5.41, 5.74) is 12.1. The summed E-state index contributed by atoms with van der Waals surface area (Å²) in [4.78, 5) is 22.7. The first-order valence-corrected chi connectivity index (χ1v) is 5.73. The van der Waals surface area contributed by atoms with Gasteiger partial charge in [0.2, 0.25) is 5.91 Å². The second-order valence-corrected chi connectivity index (χ2v) is 3.87. The van der Waals surface area contributed by atoms with Crippen LogP contribution in [0, 0.1) is 0 Å². The summed E-state index contributed by atoms with van der Waals surface area (Å²) in [5.74, 6) is -0.794. The normalized spacial score (nSPS) is 9.95. The Bertz CT molecular complexity index is 462. The van der Waals surface area contributed by atoms with Gasteiger partial charge in [0.25, 0.3) is 5.91 Å². The average molecular weight is 266 g/mol.